The quantitative estimate of drug-likeness (QED) is 0.0136. The first-order valence-electron chi connectivity index (χ1n) is 35.4. The molecule has 6 aliphatic carbocycles. The summed E-state index contributed by atoms with van der Waals surface area (Å²) >= 11 is 0. The first-order chi connectivity index (χ1) is 53.8. The molecular weight excluding hydrogens is 1480 g/mol. The molecule has 6 fully saturated rings. The summed E-state index contributed by atoms with van der Waals surface area (Å²) in [5.41, 5.74) is 12.7. The summed E-state index contributed by atoms with van der Waals surface area (Å²) in [5.74, 6) is 2.38. The SMILES string of the molecule is CC(=O)NNC(=O)C1(NC(=O)OCc2ccccc2)CC1.CC(=O)OCc1ccccc1.CCC1(c2nnc(C)o2)CC1.Cc1nnc(C2(N(C)C(=O)OCc3ccccc3)CC2)o1.Cc1nnc(C2(NC(=O)OCc3ccccc3)CC2)o1.NC1CC1.O=C(NC1CC1)OCc1ccccc1.O=C=O.O=C=O.O=CO[O-].[Na+]. The van der Waals surface area contributed by atoms with Gasteiger partial charge in [0.15, 0.2) is 0 Å². The number of nitrogens with zero attached hydrogens (tertiary/aromatic N) is 7. The molecule has 3 heterocycles. The first kappa shape index (κ1) is 93.5. The van der Waals surface area contributed by atoms with E-state index in [9.17, 15) is 33.6 Å². The van der Waals surface area contributed by atoms with Gasteiger partial charge in [-0.3, -0.25) is 34.9 Å². The van der Waals surface area contributed by atoms with E-state index < -0.39 is 34.7 Å². The number of nitrogens with two attached hydrogens (primary N) is 1. The Bertz CT molecular complexity index is 4230. The zero-order valence-corrected chi connectivity index (χ0v) is 66.1. The van der Waals surface area contributed by atoms with Crippen molar-refractivity contribution >= 4 is 60.9 Å². The molecule has 0 aliphatic heterocycles. The van der Waals surface area contributed by atoms with E-state index >= 15 is 0 Å². The summed E-state index contributed by atoms with van der Waals surface area (Å²) in [6.45, 7) is 11.3. The summed E-state index contributed by atoms with van der Waals surface area (Å²) in [7, 11) is 1.71. The number of aromatic nitrogens is 6. The predicted octanol–water partition coefficient (Wildman–Crippen LogP) is 5.57. The van der Waals surface area contributed by atoms with Gasteiger partial charge in [0.05, 0.1) is 0 Å². The second-order valence-electron chi connectivity index (χ2n) is 25.8. The fourth-order valence-electron chi connectivity index (χ4n) is 9.40. The van der Waals surface area contributed by atoms with Gasteiger partial charge in [0.1, 0.15) is 49.7 Å². The van der Waals surface area contributed by atoms with Crippen LogP contribution in [-0.4, -0.2) is 121 Å². The van der Waals surface area contributed by atoms with Crippen LogP contribution in [0.15, 0.2) is 165 Å². The van der Waals surface area contributed by atoms with Gasteiger partial charge in [-0.25, -0.2) is 19.2 Å². The van der Waals surface area contributed by atoms with Gasteiger partial charge < -0.3 is 68.8 Å². The molecule has 14 rings (SSSR count). The van der Waals surface area contributed by atoms with Gasteiger partial charge in [-0.15, -0.1) is 30.6 Å². The molecule has 0 bridgehead atoms. The van der Waals surface area contributed by atoms with Crippen LogP contribution >= 0.6 is 0 Å². The van der Waals surface area contributed by atoms with Crippen molar-refractivity contribution in [2.45, 2.75) is 192 Å². The number of carbonyl (C=O) groups is 8. The molecule has 0 spiro atoms. The Kier molecular flexibility index (Phi) is 40.9. The molecule has 35 nitrogen and oxygen atoms in total. The Balaban J connectivity index is 0.000000279. The number of hydrazine groups is 1. The minimum absolute atomic E-state index is 0. The molecule has 6 aliphatic rings. The third-order valence-corrected chi connectivity index (χ3v) is 16.7. The zero-order chi connectivity index (χ0) is 81.8. The fourth-order valence-corrected chi connectivity index (χ4v) is 9.40. The smallest absolute Gasteiger partial charge is 0.662 e. The maximum absolute atomic E-state index is 12.2. The van der Waals surface area contributed by atoms with Crippen molar-refractivity contribution < 1.29 is 134 Å². The number of ether oxygens (including phenoxy) is 5. The predicted molar refractivity (Wildman–Crippen MR) is 387 cm³/mol. The molecule has 0 radical (unpaired) electrons. The van der Waals surface area contributed by atoms with Gasteiger partial charge >= 0.3 is 72.2 Å². The second kappa shape index (κ2) is 49.4. The standard InChI is InChI=1S/C15H17N3O3.C14H17N3O4.C14H15N3O3.C11H13NO2.C9H10O2.C8H12N2O.C3H7N.CH2O3.2CO2.Na/c1-11-16-17-13(21-11)15(8-9-15)18(2)14(19)20-10-12-6-4-3-5-7-12;1-10(18)16-17-12(19)14(7-8-14)15-13(20)21-9-11-5-3-2-4-6-11;1-10-16-17-12(20-10)14(7-8-14)15-13(18)19-9-11-5-3-2-4-6-11;13-11(12-10-6-7-10)14-8-9-4-2-1-3-5-9;1-8(10)11-7-9-5-3-2-4-6-9;1-3-8(4-5-8)7-10-9-6(2)11-7;4-3-1-2-3;2-1-4-3;2*2-1-3;/h3-7H,8-10H2,1-2H3;2-6H,7-9H2,1H3,(H,15,20)(H,16,18)(H,17,19);2-6H,7-9H2,1H3,(H,15,18);1-5,10H,6-8H2,(H,12,13);2-6H,7H2,1H3;3-5H2,1-2H3;3H,1-2,4H2;1,3H;;;/q;;;;;;;;;;+1/p-1. The number of esters is 1. The molecule has 0 saturated heterocycles. The molecule has 0 unspecified atom stereocenters. The average molecular weight is 1570 g/mol. The molecular formula is C77H92N13NaO22. The van der Waals surface area contributed by atoms with E-state index in [2.05, 4.69) is 69.2 Å². The van der Waals surface area contributed by atoms with Crippen molar-refractivity contribution in [2.75, 3.05) is 7.05 Å². The number of aryl methyl sites for hydroxylation is 3. The summed E-state index contributed by atoms with van der Waals surface area (Å²) < 4.78 is 41.6. The molecule has 6 amide bonds. The Morgan fingerprint density at radius 2 is 0.867 bits per heavy atom. The molecule has 8 aromatic rings. The first-order valence-corrected chi connectivity index (χ1v) is 35.4. The van der Waals surface area contributed by atoms with Crippen LogP contribution < -0.4 is 67.4 Å². The molecule has 36 heteroatoms. The van der Waals surface area contributed by atoms with Gasteiger partial charge in [0.2, 0.25) is 41.3 Å². The number of rotatable bonds is 20. The summed E-state index contributed by atoms with van der Waals surface area (Å²) in [6, 6.07) is 48.6. The summed E-state index contributed by atoms with van der Waals surface area (Å²) in [6.07, 6.45) is 11.1. The minimum Gasteiger partial charge on any atom is -0.662 e. The number of hydrogen-bond acceptors (Lipinski definition) is 29. The van der Waals surface area contributed by atoms with Crippen molar-refractivity contribution in [2.24, 2.45) is 5.73 Å². The van der Waals surface area contributed by atoms with E-state index in [1.54, 1.807) is 25.8 Å². The van der Waals surface area contributed by atoms with E-state index in [1.807, 2.05) is 159 Å². The Hall–Kier alpha value is -11.8. The maximum Gasteiger partial charge on any atom is 1.00 e. The summed E-state index contributed by atoms with van der Waals surface area (Å²) in [5, 5.41) is 40.0. The van der Waals surface area contributed by atoms with Crippen molar-refractivity contribution in [3.05, 3.63) is 215 Å². The van der Waals surface area contributed by atoms with Crippen LogP contribution in [0.2, 0.25) is 0 Å². The van der Waals surface area contributed by atoms with E-state index in [-0.39, 0.29) is 97.6 Å². The Labute approximate surface area is 673 Å². The van der Waals surface area contributed by atoms with E-state index in [0.29, 0.717) is 67.6 Å². The van der Waals surface area contributed by atoms with Crippen LogP contribution in [0.4, 0.5) is 19.2 Å². The van der Waals surface area contributed by atoms with Crippen LogP contribution in [0.3, 0.4) is 0 Å². The van der Waals surface area contributed by atoms with Gasteiger partial charge in [-0.05, 0) is 111 Å². The summed E-state index contributed by atoms with van der Waals surface area (Å²) in [4.78, 5) is 125. The van der Waals surface area contributed by atoms with Gasteiger partial charge in [0, 0.05) is 59.2 Å². The van der Waals surface area contributed by atoms with E-state index in [0.717, 1.165) is 78.7 Å². The monoisotopic (exact) mass is 1570 g/mol. The number of hydrogen-bond donors (Lipinski definition) is 6. The number of nitrogens with one attached hydrogen (secondary N) is 5. The molecule has 598 valence electrons. The van der Waals surface area contributed by atoms with Gasteiger partial charge in [0.25, 0.3) is 12.4 Å². The molecule has 3 aromatic heterocycles. The zero-order valence-electron chi connectivity index (χ0n) is 64.1. The van der Waals surface area contributed by atoms with Crippen LogP contribution in [0.1, 0.15) is 167 Å². The maximum atomic E-state index is 12.2. The van der Waals surface area contributed by atoms with Gasteiger partial charge in [-0.2, -0.15) is 19.2 Å². The van der Waals surface area contributed by atoms with Crippen LogP contribution in [0, 0.1) is 20.8 Å². The number of carbonyl (C=O) groups excluding carboxylic acids is 12. The minimum atomic E-state index is -0.976. The van der Waals surface area contributed by atoms with Crippen molar-refractivity contribution in [3.8, 4) is 0 Å². The third-order valence-electron chi connectivity index (χ3n) is 16.7. The van der Waals surface area contributed by atoms with Crippen LogP contribution in [0.5, 0.6) is 0 Å². The Morgan fingerprint density at radius 3 is 1.17 bits per heavy atom. The second-order valence-corrected chi connectivity index (χ2v) is 25.8. The largest absolute Gasteiger partial charge is 1.00 e. The topological polar surface area (TPSA) is 489 Å². The van der Waals surface area contributed by atoms with Gasteiger partial charge in [-0.1, -0.05) is 159 Å². The number of alkyl carbamates (subject to hydrolysis) is 3. The number of benzene rings is 5. The molecule has 6 saturated carbocycles. The molecule has 5 aromatic carbocycles. The van der Waals surface area contributed by atoms with Crippen LogP contribution in [-0.2, 0) is 116 Å². The third kappa shape index (κ3) is 36.3. The van der Waals surface area contributed by atoms with Crippen LogP contribution in [0.25, 0.3) is 0 Å². The van der Waals surface area contributed by atoms with Crippen molar-refractivity contribution in [1.29, 1.82) is 0 Å². The molecule has 113 heavy (non-hydrogen) atoms. The Morgan fingerprint density at radius 1 is 0.513 bits per heavy atom. The number of amides is 6. The van der Waals surface area contributed by atoms with Crippen molar-refractivity contribution in [3.63, 3.8) is 0 Å². The normalized spacial score (nSPS) is 14.3. The molecule has 0 atom stereocenters. The molecule has 7 N–H and O–H groups in total. The van der Waals surface area contributed by atoms with E-state index in [4.69, 9.17) is 71.9 Å². The fraction of sp³-hybridized carbons (Fsp3) is 0.403. The van der Waals surface area contributed by atoms with Crippen molar-refractivity contribution in [1.82, 2.24) is 62.3 Å². The van der Waals surface area contributed by atoms with E-state index in [1.165, 1.54) is 39.5 Å². The average Bonchev–Trinajstić information content (AvgIpc) is 1.61.